The van der Waals surface area contributed by atoms with Crippen molar-refractivity contribution >= 4 is 5.97 Å². The van der Waals surface area contributed by atoms with Gasteiger partial charge in [0.05, 0.1) is 19.8 Å². The first-order valence-electron chi connectivity index (χ1n) is 22.1. The fraction of sp³-hybridized carbons (Fsp3) is 0.844. The maximum Gasteiger partial charge on any atom is 0.306 e. The molecule has 0 spiro atoms. The van der Waals surface area contributed by atoms with E-state index >= 15 is 0 Å². The Hall–Kier alpha value is -1.59. The van der Waals surface area contributed by atoms with Crippen molar-refractivity contribution in [3.63, 3.8) is 0 Å². The molecule has 54 heavy (non-hydrogen) atoms. The fourth-order valence-electron chi connectivity index (χ4n) is 6.52. The minimum Gasteiger partial charge on any atom is -0.457 e. The standard InChI is InChI=1S/C45H82O9/c1-3-5-7-9-11-13-15-17-18-19-20-21-22-24-26-28-30-32-34-41(47)53-39(38-52-45-44(50)43(49)42(48)40(36-46)54-45)37-51-35-33-31-29-27-25-23-16-14-12-10-8-6-4-2/h12-15,18-19,39-40,42-46,48-50H,3-11,16-17,20-38H2,1-2H3/b14-12-,15-13-,19-18-. The maximum absolute atomic E-state index is 12.8. The van der Waals surface area contributed by atoms with Gasteiger partial charge in [-0.1, -0.05) is 140 Å². The Morgan fingerprint density at radius 3 is 1.65 bits per heavy atom. The molecule has 1 saturated heterocycles. The van der Waals surface area contributed by atoms with Crippen LogP contribution in [-0.2, 0) is 23.7 Å². The van der Waals surface area contributed by atoms with Crippen molar-refractivity contribution in [2.45, 2.75) is 218 Å². The number of aliphatic hydroxyl groups excluding tert-OH is 4. The minimum absolute atomic E-state index is 0.119. The van der Waals surface area contributed by atoms with E-state index in [1.165, 1.54) is 103 Å². The van der Waals surface area contributed by atoms with Crippen LogP contribution in [0.5, 0.6) is 0 Å². The SMILES string of the molecule is CCCCC/C=C\CCCCCCCCOCC(COC1OC(CO)C(O)C(O)C1O)OC(=O)CCCCCCCCC/C=C\C/C=C\CCCCCC. The molecule has 1 aliphatic rings. The average molecular weight is 767 g/mol. The van der Waals surface area contributed by atoms with Crippen LogP contribution in [0.4, 0.5) is 0 Å². The van der Waals surface area contributed by atoms with E-state index in [1.54, 1.807) is 0 Å². The smallest absolute Gasteiger partial charge is 0.306 e. The van der Waals surface area contributed by atoms with E-state index in [-0.39, 0.29) is 19.2 Å². The van der Waals surface area contributed by atoms with E-state index in [0.717, 1.165) is 57.8 Å². The number of carbonyl (C=O) groups is 1. The summed E-state index contributed by atoms with van der Waals surface area (Å²) in [6.45, 7) is 4.50. The zero-order chi connectivity index (χ0) is 39.3. The molecule has 0 amide bonds. The van der Waals surface area contributed by atoms with Crippen molar-refractivity contribution in [1.29, 1.82) is 0 Å². The molecule has 0 bridgehead atoms. The van der Waals surface area contributed by atoms with Gasteiger partial charge in [0.25, 0.3) is 0 Å². The summed E-state index contributed by atoms with van der Waals surface area (Å²) in [5, 5.41) is 40.1. The third-order valence-corrected chi connectivity index (χ3v) is 10.0. The van der Waals surface area contributed by atoms with Crippen LogP contribution in [0.25, 0.3) is 0 Å². The maximum atomic E-state index is 12.8. The second-order valence-electron chi connectivity index (χ2n) is 15.1. The van der Waals surface area contributed by atoms with Gasteiger partial charge in [0.15, 0.2) is 6.29 Å². The number of hydrogen-bond donors (Lipinski definition) is 4. The molecule has 4 N–H and O–H groups in total. The van der Waals surface area contributed by atoms with Crippen LogP contribution in [0, 0.1) is 0 Å². The van der Waals surface area contributed by atoms with E-state index in [0.29, 0.717) is 13.0 Å². The third-order valence-electron chi connectivity index (χ3n) is 10.0. The van der Waals surface area contributed by atoms with Gasteiger partial charge >= 0.3 is 5.97 Å². The number of hydrogen-bond acceptors (Lipinski definition) is 9. The van der Waals surface area contributed by atoms with Gasteiger partial charge in [-0.3, -0.25) is 4.79 Å². The van der Waals surface area contributed by atoms with Crippen molar-refractivity contribution in [1.82, 2.24) is 0 Å². The second-order valence-corrected chi connectivity index (χ2v) is 15.1. The summed E-state index contributed by atoms with van der Waals surface area (Å²) in [4.78, 5) is 12.8. The molecule has 1 aliphatic heterocycles. The Morgan fingerprint density at radius 1 is 0.593 bits per heavy atom. The number of unbranched alkanes of at least 4 members (excludes halogenated alkanes) is 20. The van der Waals surface area contributed by atoms with Crippen molar-refractivity contribution in [3.05, 3.63) is 36.5 Å². The quantitative estimate of drug-likeness (QED) is 0.0277. The van der Waals surface area contributed by atoms with Crippen molar-refractivity contribution < 1.29 is 44.2 Å². The van der Waals surface area contributed by atoms with Gasteiger partial charge in [-0.2, -0.15) is 0 Å². The Kier molecular flexibility index (Phi) is 34.6. The number of ether oxygens (including phenoxy) is 4. The number of aliphatic hydroxyl groups is 4. The highest BCUT2D eigenvalue weighted by atomic mass is 16.7. The molecule has 1 heterocycles. The molecule has 0 aromatic heterocycles. The molecule has 9 nitrogen and oxygen atoms in total. The minimum atomic E-state index is -1.54. The van der Waals surface area contributed by atoms with Gasteiger partial charge in [-0.05, 0) is 70.6 Å². The lowest BCUT2D eigenvalue weighted by Gasteiger charge is -2.39. The largest absolute Gasteiger partial charge is 0.457 e. The molecular weight excluding hydrogens is 684 g/mol. The summed E-state index contributed by atoms with van der Waals surface area (Å²) in [6.07, 6.45) is 35.9. The van der Waals surface area contributed by atoms with E-state index in [2.05, 4.69) is 50.3 Å². The van der Waals surface area contributed by atoms with Crippen LogP contribution in [0.3, 0.4) is 0 Å². The van der Waals surface area contributed by atoms with E-state index in [1.807, 2.05) is 0 Å². The molecule has 1 rings (SSSR count). The number of esters is 1. The van der Waals surface area contributed by atoms with Crippen LogP contribution < -0.4 is 0 Å². The van der Waals surface area contributed by atoms with E-state index in [9.17, 15) is 25.2 Å². The van der Waals surface area contributed by atoms with Crippen molar-refractivity contribution in [2.24, 2.45) is 0 Å². The highest BCUT2D eigenvalue weighted by Gasteiger charge is 2.44. The zero-order valence-electron chi connectivity index (χ0n) is 34.5. The molecule has 316 valence electrons. The number of rotatable bonds is 37. The van der Waals surface area contributed by atoms with Gasteiger partial charge in [0.2, 0.25) is 0 Å². The first kappa shape index (κ1) is 50.4. The van der Waals surface area contributed by atoms with Crippen LogP contribution in [0.15, 0.2) is 36.5 Å². The van der Waals surface area contributed by atoms with E-state index in [4.69, 9.17) is 18.9 Å². The van der Waals surface area contributed by atoms with Crippen LogP contribution >= 0.6 is 0 Å². The van der Waals surface area contributed by atoms with E-state index < -0.39 is 43.4 Å². The lowest BCUT2D eigenvalue weighted by atomic mass is 9.99. The molecule has 0 aromatic rings. The Bertz CT molecular complexity index is 921. The molecular formula is C45H82O9. The Balaban J connectivity index is 2.28. The highest BCUT2D eigenvalue weighted by molar-refractivity contribution is 5.69. The monoisotopic (exact) mass is 767 g/mol. The van der Waals surface area contributed by atoms with Crippen LogP contribution in [-0.4, -0.2) is 89.6 Å². The van der Waals surface area contributed by atoms with Crippen LogP contribution in [0.1, 0.15) is 181 Å². The summed E-state index contributed by atoms with van der Waals surface area (Å²) in [6, 6.07) is 0. The fourth-order valence-corrected chi connectivity index (χ4v) is 6.52. The molecule has 0 saturated carbocycles. The Labute approximate surface area is 330 Å². The molecule has 6 unspecified atom stereocenters. The summed E-state index contributed by atoms with van der Waals surface area (Å²) in [5.74, 6) is -0.324. The average Bonchev–Trinajstić information content (AvgIpc) is 3.17. The van der Waals surface area contributed by atoms with Gasteiger partial charge < -0.3 is 39.4 Å². The molecule has 6 atom stereocenters. The molecule has 9 heteroatoms. The highest BCUT2D eigenvalue weighted by Crippen LogP contribution is 2.22. The summed E-state index contributed by atoms with van der Waals surface area (Å²) >= 11 is 0. The lowest BCUT2D eigenvalue weighted by Crippen LogP contribution is -2.59. The predicted molar refractivity (Wildman–Crippen MR) is 219 cm³/mol. The first-order valence-corrected chi connectivity index (χ1v) is 22.1. The number of allylic oxidation sites excluding steroid dienone is 6. The molecule has 1 fully saturated rings. The topological polar surface area (TPSA) is 135 Å². The van der Waals surface area contributed by atoms with Gasteiger partial charge in [0.1, 0.15) is 30.5 Å². The third kappa shape index (κ3) is 27.9. The summed E-state index contributed by atoms with van der Waals surface area (Å²) in [5.41, 5.74) is 0. The molecule has 0 radical (unpaired) electrons. The zero-order valence-corrected chi connectivity index (χ0v) is 34.5. The van der Waals surface area contributed by atoms with Gasteiger partial charge in [-0.25, -0.2) is 0 Å². The van der Waals surface area contributed by atoms with Crippen molar-refractivity contribution in [2.75, 3.05) is 26.4 Å². The number of carbonyl (C=O) groups excluding carboxylic acids is 1. The Morgan fingerprint density at radius 2 is 1.07 bits per heavy atom. The van der Waals surface area contributed by atoms with Gasteiger partial charge in [0, 0.05) is 13.0 Å². The first-order chi connectivity index (χ1) is 26.4. The van der Waals surface area contributed by atoms with Gasteiger partial charge in [-0.15, -0.1) is 0 Å². The normalized spacial score (nSPS) is 21.2. The molecule has 0 aliphatic carbocycles. The van der Waals surface area contributed by atoms with Crippen molar-refractivity contribution in [3.8, 4) is 0 Å². The summed E-state index contributed by atoms with van der Waals surface area (Å²) < 4.78 is 22.8. The molecule has 0 aromatic carbocycles. The second kappa shape index (κ2) is 37.0. The predicted octanol–water partition coefficient (Wildman–Crippen LogP) is 9.58. The van der Waals surface area contributed by atoms with Crippen LogP contribution in [0.2, 0.25) is 0 Å². The lowest BCUT2D eigenvalue weighted by molar-refractivity contribution is -0.305. The summed E-state index contributed by atoms with van der Waals surface area (Å²) in [7, 11) is 0.